The van der Waals surface area contributed by atoms with E-state index in [0.29, 0.717) is 26.2 Å². The van der Waals surface area contributed by atoms with Crippen molar-refractivity contribution in [3.8, 4) is 0 Å². The third-order valence-corrected chi connectivity index (χ3v) is 5.06. The summed E-state index contributed by atoms with van der Waals surface area (Å²) in [6, 6.07) is 4.04. The number of carbonyl (C=O) groups excluding carboxylic acids is 2. The second-order valence-electron chi connectivity index (χ2n) is 6.70. The molecule has 2 aliphatic rings. The van der Waals surface area contributed by atoms with Gasteiger partial charge in [-0.1, -0.05) is 0 Å². The number of esters is 1. The van der Waals surface area contributed by atoms with Gasteiger partial charge < -0.3 is 14.5 Å². The van der Waals surface area contributed by atoms with E-state index in [-0.39, 0.29) is 49.1 Å². The number of halogens is 3. The van der Waals surface area contributed by atoms with Crippen LogP contribution in [0.2, 0.25) is 0 Å². The lowest BCUT2D eigenvalue weighted by Gasteiger charge is -2.38. The Hall–Kier alpha value is -1.32. The molecule has 2 aliphatic heterocycles. The van der Waals surface area contributed by atoms with Crippen LogP contribution in [0.25, 0.3) is 0 Å². The molecule has 0 saturated carbocycles. The minimum atomic E-state index is -0.225. The second kappa shape index (κ2) is 13.8. The number of rotatable bonds is 5. The van der Waals surface area contributed by atoms with Crippen molar-refractivity contribution in [2.24, 2.45) is 0 Å². The molecule has 0 atom stereocenters. The zero-order valence-electron chi connectivity index (χ0n) is 16.6. The van der Waals surface area contributed by atoms with Crippen LogP contribution in [0, 0.1) is 0 Å². The van der Waals surface area contributed by atoms with Crippen LogP contribution in [-0.4, -0.2) is 104 Å². The second-order valence-corrected chi connectivity index (χ2v) is 6.70. The average Bonchev–Trinajstić information content (AvgIpc) is 2.69. The minimum absolute atomic E-state index is 0. The molecule has 0 bridgehead atoms. The van der Waals surface area contributed by atoms with Crippen molar-refractivity contribution in [1.82, 2.24) is 19.7 Å². The Labute approximate surface area is 190 Å². The van der Waals surface area contributed by atoms with Crippen molar-refractivity contribution in [3.63, 3.8) is 0 Å². The lowest BCUT2D eigenvalue weighted by molar-refractivity contribution is -0.142. The molecule has 11 heteroatoms. The molecule has 1 aromatic heterocycles. The van der Waals surface area contributed by atoms with Crippen molar-refractivity contribution in [2.75, 3.05) is 77.5 Å². The molecule has 8 nitrogen and oxygen atoms in total. The van der Waals surface area contributed by atoms with Crippen molar-refractivity contribution >= 4 is 54.8 Å². The van der Waals surface area contributed by atoms with Crippen molar-refractivity contribution in [2.45, 2.75) is 0 Å². The number of piperazine rings is 2. The molecule has 29 heavy (non-hydrogen) atoms. The number of ether oxygens (including phenoxy) is 1. The Bertz CT molecular complexity index is 610. The molecule has 2 fully saturated rings. The van der Waals surface area contributed by atoms with E-state index in [1.54, 1.807) is 0 Å². The first kappa shape index (κ1) is 27.7. The third kappa shape index (κ3) is 8.14. The molecule has 3 heterocycles. The lowest BCUT2D eigenvalue weighted by Crippen LogP contribution is -2.54. The fourth-order valence-electron chi connectivity index (χ4n) is 3.41. The van der Waals surface area contributed by atoms with Crippen LogP contribution < -0.4 is 4.90 Å². The maximum atomic E-state index is 12.6. The van der Waals surface area contributed by atoms with Gasteiger partial charge in [0.25, 0.3) is 0 Å². The van der Waals surface area contributed by atoms with Gasteiger partial charge in [0.05, 0.1) is 20.2 Å². The molecule has 0 radical (unpaired) electrons. The van der Waals surface area contributed by atoms with Gasteiger partial charge in [-0.25, -0.2) is 0 Å². The Morgan fingerprint density at radius 3 is 1.93 bits per heavy atom. The molecule has 0 spiro atoms. The van der Waals surface area contributed by atoms with Crippen LogP contribution >= 0.6 is 37.2 Å². The molecule has 2 saturated heterocycles. The molecule has 0 aliphatic carbocycles. The Morgan fingerprint density at radius 2 is 1.38 bits per heavy atom. The first-order valence-electron chi connectivity index (χ1n) is 9.10. The summed E-state index contributed by atoms with van der Waals surface area (Å²) in [5, 5.41) is 0. The normalized spacial score (nSPS) is 17.4. The first-order chi connectivity index (χ1) is 12.7. The number of carbonyl (C=O) groups is 2. The van der Waals surface area contributed by atoms with Gasteiger partial charge in [-0.05, 0) is 12.1 Å². The highest BCUT2D eigenvalue weighted by Gasteiger charge is 2.25. The number of hydrogen-bond donors (Lipinski definition) is 0. The van der Waals surface area contributed by atoms with Crippen molar-refractivity contribution in [3.05, 3.63) is 24.5 Å². The zero-order chi connectivity index (χ0) is 18.4. The van der Waals surface area contributed by atoms with E-state index < -0.39 is 0 Å². The van der Waals surface area contributed by atoms with Crippen LogP contribution in [0.3, 0.4) is 0 Å². The highest BCUT2D eigenvalue weighted by Crippen LogP contribution is 2.15. The van der Waals surface area contributed by atoms with Crippen molar-refractivity contribution in [1.29, 1.82) is 0 Å². The minimum Gasteiger partial charge on any atom is -0.468 e. The molecule has 3 rings (SSSR count). The number of pyridine rings is 1. The summed E-state index contributed by atoms with van der Waals surface area (Å²) in [6.45, 7) is 7.17. The number of methoxy groups -OCH3 is 1. The standard InChI is InChI=1S/C18H27N5O3.3ClH/c1-26-18(25)15-21-8-12-23(13-9-21)17(24)14-20-6-10-22(11-7-20)16-2-4-19-5-3-16;;;/h2-5H,6-15H2,1H3;3*1H. The van der Waals surface area contributed by atoms with Crippen LogP contribution in [0.1, 0.15) is 0 Å². The summed E-state index contributed by atoms with van der Waals surface area (Å²) in [5.41, 5.74) is 1.19. The lowest BCUT2D eigenvalue weighted by atomic mass is 10.2. The topological polar surface area (TPSA) is 69.2 Å². The summed E-state index contributed by atoms with van der Waals surface area (Å²) < 4.78 is 4.69. The highest BCUT2D eigenvalue weighted by molar-refractivity contribution is 5.86. The number of anilines is 1. The largest absolute Gasteiger partial charge is 0.468 e. The first-order valence-corrected chi connectivity index (χ1v) is 9.10. The summed E-state index contributed by atoms with van der Waals surface area (Å²) in [6.07, 6.45) is 3.62. The van der Waals surface area contributed by atoms with Gasteiger partial charge in [-0.15, -0.1) is 37.2 Å². The maximum Gasteiger partial charge on any atom is 0.319 e. The Morgan fingerprint density at radius 1 is 0.862 bits per heavy atom. The monoisotopic (exact) mass is 469 g/mol. The third-order valence-electron chi connectivity index (χ3n) is 5.06. The van der Waals surface area contributed by atoms with Crippen LogP contribution in [0.5, 0.6) is 0 Å². The van der Waals surface area contributed by atoms with Gasteiger partial charge in [0.2, 0.25) is 5.91 Å². The van der Waals surface area contributed by atoms with Gasteiger partial charge in [0.15, 0.2) is 0 Å². The predicted molar refractivity (Wildman–Crippen MR) is 120 cm³/mol. The molecule has 166 valence electrons. The fraction of sp³-hybridized carbons (Fsp3) is 0.611. The van der Waals surface area contributed by atoms with E-state index >= 15 is 0 Å². The molecule has 1 amide bonds. The SMILES string of the molecule is COC(=O)CN1CCN(C(=O)CN2CCN(c3ccncc3)CC2)CC1.Cl.Cl.Cl. The smallest absolute Gasteiger partial charge is 0.319 e. The van der Waals surface area contributed by atoms with Gasteiger partial charge >= 0.3 is 5.97 Å². The average molecular weight is 471 g/mol. The summed E-state index contributed by atoms with van der Waals surface area (Å²) >= 11 is 0. The molecule has 1 aromatic rings. The Balaban J connectivity index is 0.00000261. The zero-order valence-corrected chi connectivity index (χ0v) is 19.0. The summed E-state index contributed by atoms with van der Waals surface area (Å²) in [7, 11) is 1.40. The van der Waals surface area contributed by atoms with Crippen LogP contribution in [0.4, 0.5) is 5.69 Å². The highest BCUT2D eigenvalue weighted by atomic mass is 35.5. The molecular formula is C18H30Cl3N5O3. The van der Waals surface area contributed by atoms with Crippen LogP contribution in [-0.2, 0) is 14.3 Å². The predicted octanol–water partition coefficient (Wildman–Crippen LogP) is 0.786. The summed E-state index contributed by atoms with van der Waals surface area (Å²) in [4.78, 5) is 36.4. The van der Waals surface area contributed by atoms with Gasteiger partial charge in [-0.2, -0.15) is 0 Å². The molecule has 0 N–H and O–H groups in total. The fourth-order valence-corrected chi connectivity index (χ4v) is 3.41. The van der Waals surface area contributed by atoms with Crippen LogP contribution in [0.15, 0.2) is 24.5 Å². The van der Waals surface area contributed by atoms with E-state index in [4.69, 9.17) is 4.74 Å². The number of aromatic nitrogens is 1. The molecule has 0 aromatic carbocycles. The Kier molecular flexibility index (Phi) is 13.2. The van der Waals surface area contributed by atoms with E-state index in [1.807, 2.05) is 34.3 Å². The quantitative estimate of drug-likeness (QED) is 0.589. The number of amides is 1. The molecule has 0 unspecified atom stereocenters. The maximum absolute atomic E-state index is 12.6. The van der Waals surface area contributed by atoms with Gasteiger partial charge in [0, 0.05) is 70.4 Å². The number of nitrogens with zero attached hydrogens (tertiary/aromatic N) is 5. The van der Waals surface area contributed by atoms with Crippen molar-refractivity contribution < 1.29 is 14.3 Å². The van der Waals surface area contributed by atoms with E-state index in [1.165, 1.54) is 12.8 Å². The molecular weight excluding hydrogens is 441 g/mol. The van der Waals surface area contributed by atoms with Gasteiger partial charge in [0.1, 0.15) is 0 Å². The summed E-state index contributed by atoms with van der Waals surface area (Å²) in [5.74, 6) is -0.0445. The van der Waals surface area contributed by atoms with E-state index in [0.717, 1.165) is 39.3 Å². The van der Waals surface area contributed by atoms with E-state index in [2.05, 4.69) is 14.8 Å². The van der Waals surface area contributed by atoms with E-state index in [9.17, 15) is 9.59 Å². The number of hydrogen-bond acceptors (Lipinski definition) is 7. The van der Waals surface area contributed by atoms with Gasteiger partial charge in [-0.3, -0.25) is 24.4 Å².